The maximum atomic E-state index is 10.1. The van der Waals surface area contributed by atoms with Gasteiger partial charge in [0.25, 0.3) is 0 Å². The third-order valence-corrected chi connectivity index (χ3v) is 6.19. The van der Waals surface area contributed by atoms with Crippen LogP contribution in [0.15, 0.2) is 30.6 Å². The summed E-state index contributed by atoms with van der Waals surface area (Å²) in [5.41, 5.74) is 4.07. The van der Waals surface area contributed by atoms with Crippen molar-refractivity contribution < 1.29 is 5.11 Å². The molecule has 30 heavy (non-hydrogen) atoms. The predicted octanol–water partition coefficient (Wildman–Crippen LogP) is 3.57. The largest absolute Gasteiger partial charge is 0.390 e. The molecule has 1 aliphatic carbocycles. The fourth-order valence-electron chi connectivity index (χ4n) is 4.39. The number of hydrogen-bond acceptors (Lipinski definition) is 6. The molecule has 0 radical (unpaired) electrons. The Morgan fingerprint density at radius 2 is 2.00 bits per heavy atom. The number of anilines is 1. The van der Waals surface area contributed by atoms with E-state index in [0.717, 1.165) is 66.0 Å². The van der Waals surface area contributed by atoms with Crippen LogP contribution in [0, 0.1) is 6.92 Å². The van der Waals surface area contributed by atoms with Gasteiger partial charge < -0.3 is 15.0 Å². The van der Waals surface area contributed by atoms with Gasteiger partial charge in [-0.05, 0) is 64.7 Å². The van der Waals surface area contributed by atoms with E-state index in [1.54, 1.807) is 0 Å². The molecule has 156 valence electrons. The van der Waals surface area contributed by atoms with Crippen LogP contribution >= 0.6 is 0 Å². The van der Waals surface area contributed by atoms with Crippen molar-refractivity contribution in [2.24, 2.45) is 0 Å². The zero-order valence-electron chi connectivity index (χ0n) is 17.6. The second-order valence-corrected chi connectivity index (χ2v) is 8.50. The zero-order chi connectivity index (χ0) is 20.9. The molecule has 1 aliphatic rings. The molecule has 0 saturated heterocycles. The van der Waals surface area contributed by atoms with Crippen LogP contribution < -0.4 is 5.32 Å². The van der Waals surface area contributed by atoms with E-state index in [0.29, 0.717) is 12.0 Å². The molecular formula is C22H27N7O. The fourth-order valence-corrected chi connectivity index (χ4v) is 4.39. The average Bonchev–Trinajstić information content (AvgIpc) is 3.28. The Balaban J connectivity index is 1.43. The van der Waals surface area contributed by atoms with E-state index in [9.17, 15) is 5.11 Å². The normalized spacial score (nSPS) is 22.1. The second-order valence-electron chi connectivity index (χ2n) is 8.50. The molecule has 0 aliphatic heterocycles. The summed E-state index contributed by atoms with van der Waals surface area (Å²) in [6.45, 7) is 6.86. The van der Waals surface area contributed by atoms with E-state index in [1.807, 2.05) is 49.0 Å². The van der Waals surface area contributed by atoms with Crippen molar-refractivity contribution in [2.75, 3.05) is 5.32 Å². The predicted molar refractivity (Wildman–Crippen MR) is 116 cm³/mol. The molecule has 0 bridgehead atoms. The van der Waals surface area contributed by atoms with Gasteiger partial charge in [-0.15, -0.1) is 5.10 Å². The van der Waals surface area contributed by atoms with Crippen molar-refractivity contribution in [2.45, 2.75) is 64.6 Å². The van der Waals surface area contributed by atoms with Crippen LogP contribution in [0.3, 0.4) is 0 Å². The summed E-state index contributed by atoms with van der Waals surface area (Å²) >= 11 is 0. The van der Waals surface area contributed by atoms with Crippen LogP contribution in [0.25, 0.3) is 27.9 Å². The van der Waals surface area contributed by atoms with E-state index in [2.05, 4.69) is 31.9 Å². The molecule has 4 heterocycles. The third kappa shape index (κ3) is 3.31. The number of fused-ring (bicyclic) bond motifs is 2. The number of hydrogen-bond donors (Lipinski definition) is 2. The van der Waals surface area contributed by atoms with Crippen LogP contribution in [0.1, 0.15) is 45.4 Å². The van der Waals surface area contributed by atoms with Gasteiger partial charge >= 0.3 is 0 Å². The molecule has 0 amide bonds. The summed E-state index contributed by atoms with van der Waals surface area (Å²) in [4.78, 5) is 14.0. The van der Waals surface area contributed by atoms with Gasteiger partial charge in [0, 0.05) is 24.3 Å². The molecule has 0 unspecified atom stereocenters. The van der Waals surface area contributed by atoms with Gasteiger partial charge in [0.1, 0.15) is 11.3 Å². The van der Waals surface area contributed by atoms with Crippen molar-refractivity contribution in [3.05, 3.63) is 36.4 Å². The monoisotopic (exact) mass is 405 g/mol. The van der Waals surface area contributed by atoms with Gasteiger partial charge in [-0.2, -0.15) is 0 Å². The summed E-state index contributed by atoms with van der Waals surface area (Å²) in [5, 5.41) is 18.2. The van der Waals surface area contributed by atoms with Gasteiger partial charge in [-0.1, -0.05) is 0 Å². The van der Waals surface area contributed by atoms with Gasteiger partial charge in [-0.3, -0.25) is 0 Å². The van der Waals surface area contributed by atoms with Crippen molar-refractivity contribution in [3.8, 4) is 11.3 Å². The highest BCUT2D eigenvalue weighted by Gasteiger charge is 2.29. The van der Waals surface area contributed by atoms with Crippen LogP contribution in [0.5, 0.6) is 0 Å². The smallest absolute Gasteiger partial charge is 0.241 e. The average molecular weight is 406 g/mol. The van der Waals surface area contributed by atoms with E-state index < -0.39 is 5.60 Å². The molecule has 4 aromatic rings. The summed E-state index contributed by atoms with van der Waals surface area (Å²) in [6, 6.07) is 6.35. The van der Waals surface area contributed by atoms with E-state index in [-0.39, 0.29) is 0 Å². The van der Waals surface area contributed by atoms with E-state index in [1.165, 1.54) is 0 Å². The molecule has 1 fully saturated rings. The Labute approximate surface area is 175 Å². The molecule has 0 aromatic carbocycles. The maximum absolute atomic E-state index is 10.1. The van der Waals surface area contributed by atoms with Crippen LogP contribution in [0.2, 0.25) is 0 Å². The lowest BCUT2D eigenvalue weighted by molar-refractivity contribution is 0.0195. The lowest BCUT2D eigenvalue weighted by Crippen LogP contribution is -2.36. The summed E-state index contributed by atoms with van der Waals surface area (Å²) < 4.78 is 3.97. The van der Waals surface area contributed by atoms with Gasteiger partial charge in [0.2, 0.25) is 5.95 Å². The lowest BCUT2D eigenvalue weighted by Gasteiger charge is -2.33. The zero-order valence-corrected chi connectivity index (χ0v) is 17.6. The molecule has 5 rings (SSSR count). The van der Waals surface area contributed by atoms with E-state index >= 15 is 0 Å². The quantitative estimate of drug-likeness (QED) is 0.539. The van der Waals surface area contributed by atoms with Crippen molar-refractivity contribution in [3.63, 3.8) is 0 Å². The molecule has 0 spiro atoms. The molecule has 1 saturated carbocycles. The van der Waals surface area contributed by atoms with Crippen LogP contribution in [-0.4, -0.2) is 45.9 Å². The summed E-state index contributed by atoms with van der Waals surface area (Å²) in [7, 11) is 0. The van der Waals surface area contributed by atoms with Gasteiger partial charge in [0.15, 0.2) is 5.65 Å². The molecule has 8 nitrogen and oxygen atoms in total. The standard InChI is InChI=1S/C22H27N7O/c1-4-28-14(2)24-18-6-5-17(26-20(18)28)16-9-12-29-19(16)13-23-21(27-29)25-15-7-10-22(3,30)11-8-15/h5-6,9,12-13,15,30H,4,7-8,10-11H2,1-3H3,(H,25,27). The van der Waals surface area contributed by atoms with Crippen molar-refractivity contribution in [1.29, 1.82) is 0 Å². The highest BCUT2D eigenvalue weighted by molar-refractivity contribution is 5.82. The molecule has 2 N–H and O–H groups in total. The Hall–Kier alpha value is -3.00. The highest BCUT2D eigenvalue weighted by atomic mass is 16.3. The minimum Gasteiger partial charge on any atom is -0.390 e. The number of nitrogens with zero attached hydrogens (tertiary/aromatic N) is 6. The number of rotatable bonds is 4. The molecule has 8 heteroatoms. The SMILES string of the molecule is CCn1c(C)nc2ccc(-c3ccn4nc(NC5CCC(C)(O)CC5)ncc34)nc21. The fraction of sp³-hybridized carbons (Fsp3) is 0.455. The molecular weight excluding hydrogens is 378 g/mol. The van der Waals surface area contributed by atoms with Gasteiger partial charge in [-0.25, -0.2) is 19.5 Å². The summed E-state index contributed by atoms with van der Waals surface area (Å²) in [6.07, 6.45) is 7.21. The minimum atomic E-state index is -0.544. The second kappa shape index (κ2) is 7.05. The van der Waals surface area contributed by atoms with Crippen LogP contribution in [-0.2, 0) is 6.54 Å². The maximum Gasteiger partial charge on any atom is 0.241 e. The molecule has 0 atom stereocenters. The third-order valence-electron chi connectivity index (χ3n) is 6.19. The number of aryl methyl sites for hydroxylation is 2. The number of pyridine rings is 1. The Bertz CT molecular complexity index is 1210. The first-order valence-corrected chi connectivity index (χ1v) is 10.6. The number of nitrogens with one attached hydrogen (secondary N) is 1. The van der Waals surface area contributed by atoms with E-state index in [4.69, 9.17) is 4.98 Å². The van der Waals surface area contributed by atoms with Gasteiger partial charge in [0.05, 0.1) is 23.0 Å². The first-order chi connectivity index (χ1) is 14.4. The topological polar surface area (TPSA) is 93.2 Å². The Morgan fingerprint density at radius 1 is 1.20 bits per heavy atom. The first-order valence-electron chi connectivity index (χ1n) is 10.6. The Kier molecular flexibility index (Phi) is 4.47. The van der Waals surface area contributed by atoms with Crippen molar-refractivity contribution in [1.82, 2.24) is 29.1 Å². The molecule has 4 aromatic heterocycles. The highest BCUT2D eigenvalue weighted by Crippen LogP contribution is 2.30. The summed E-state index contributed by atoms with van der Waals surface area (Å²) in [5.74, 6) is 1.58. The Morgan fingerprint density at radius 3 is 2.77 bits per heavy atom. The first kappa shape index (κ1) is 19.0. The lowest BCUT2D eigenvalue weighted by atomic mass is 9.84. The van der Waals surface area contributed by atoms with Crippen molar-refractivity contribution >= 4 is 22.6 Å². The number of aromatic nitrogens is 6. The van der Waals surface area contributed by atoms with Crippen LogP contribution in [0.4, 0.5) is 5.95 Å². The minimum absolute atomic E-state index is 0.291. The number of imidazole rings is 1. The number of aliphatic hydroxyl groups is 1.